The normalized spacial score (nSPS) is 11.8. The van der Waals surface area contributed by atoms with E-state index in [1.165, 1.54) is 0 Å². The number of aryl methyl sites for hydroxylation is 1. The first-order chi connectivity index (χ1) is 8.46. The molecule has 2 heterocycles. The lowest BCUT2D eigenvalue weighted by Crippen LogP contribution is -2.35. The highest BCUT2D eigenvalue weighted by molar-refractivity contribution is 5.56. The third-order valence-electron chi connectivity index (χ3n) is 2.52. The van der Waals surface area contributed by atoms with Crippen LogP contribution in [0.1, 0.15) is 26.3 Å². The number of hydrogen-bond donors (Lipinski definition) is 1. The average molecular weight is 245 g/mol. The summed E-state index contributed by atoms with van der Waals surface area (Å²) in [5.74, 6) is 0. The summed E-state index contributed by atoms with van der Waals surface area (Å²) in [5.41, 5.74) is 2.91. The molecule has 0 atom stereocenters. The average Bonchev–Trinajstić information content (AvgIpc) is 2.68. The molecule has 2 aromatic heterocycles. The van der Waals surface area contributed by atoms with Crippen LogP contribution in [0.2, 0.25) is 0 Å². The Labute approximate surface area is 107 Å². The van der Waals surface area contributed by atoms with Gasteiger partial charge in [0.15, 0.2) is 0 Å². The Morgan fingerprint density at radius 2 is 2.06 bits per heavy atom. The Hall–Kier alpha value is -1.75. The minimum Gasteiger partial charge on any atom is -0.308 e. The molecule has 0 saturated heterocycles. The molecule has 2 rings (SSSR count). The third-order valence-corrected chi connectivity index (χ3v) is 2.52. The first kappa shape index (κ1) is 12.7. The van der Waals surface area contributed by atoms with Crippen LogP contribution in [0.5, 0.6) is 0 Å². The highest BCUT2D eigenvalue weighted by Crippen LogP contribution is 2.19. The van der Waals surface area contributed by atoms with Gasteiger partial charge in [-0.2, -0.15) is 5.10 Å². The second-order valence-electron chi connectivity index (χ2n) is 5.37. The van der Waals surface area contributed by atoms with Gasteiger partial charge >= 0.3 is 0 Å². The highest BCUT2D eigenvalue weighted by atomic mass is 15.3. The monoisotopic (exact) mass is 245 g/mol. The van der Waals surface area contributed by atoms with Gasteiger partial charge in [0, 0.05) is 43.3 Å². The predicted molar refractivity (Wildman–Crippen MR) is 70.8 cm³/mol. The highest BCUT2D eigenvalue weighted by Gasteiger charge is 2.14. The molecule has 0 aliphatic rings. The minimum absolute atomic E-state index is 0.0788. The molecular formula is C13H19N5. The van der Waals surface area contributed by atoms with Gasteiger partial charge in [0.2, 0.25) is 0 Å². The van der Waals surface area contributed by atoms with E-state index in [4.69, 9.17) is 0 Å². The molecule has 1 N–H and O–H groups in total. The van der Waals surface area contributed by atoms with Gasteiger partial charge < -0.3 is 5.32 Å². The van der Waals surface area contributed by atoms with Crippen LogP contribution in [0.15, 0.2) is 24.8 Å². The minimum atomic E-state index is 0.0788. The Bertz CT molecular complexity index is 510. The smallest absolute Gasteiger partial charge is 0.117 e. The zero-order chi connectivity index (χ0) is 13.2. The Morgan fingerprint density at radius 3 is 2.67 bits per heavy atom. The largest absolute Gasteiger partial charge is 0.308 e. The molecule has 96 valence electrons. The molecule has 0 aromatic carbocycles. The molecule has 0 fully saturated rings. The number of rotatable bonds is 3. The van der Waals surface area contributed by atoms with Crippen molar-refractivity contribution in [1.29, 1.82) is 0 Å². The Kier molecular flexibility index (Phi) is 3.43. The zero-order valence-corrected chi connectivity index (χ0v) is 11.3. The first-order valence-corrected chi connectivity index (χ1v) is 6.00. The molecule has 5 nitrogen and oxygen atoms in total. The van der Waals surface area contributed by atoms with Crippen molar-refractivity contribution in [3.05, 3.63) is 30.4 Å². The standard InChI is InChI=1S/C13H19N5/c1-13(2,3)16-7-10-9-18(4)17-12(10)11-8-14-5-6-15-11/h5-6,8-9,16H,7H2,1-4H3. The van der Waals surface area contributed by atoms with E-state index in [2.05, 4.69) is 41.2 Å². The number of hydrogen-bond acceptors (Lipinski definition) is 4. The maximum Gasteiger partial charge on any atom is 0.117 e. The quantitative estimate of drug-likeness (QED) is 0.895. The Balaban J connectivity index is 2.26. The van der Waals surface area contributed by atoms with Gasteiger partial charge in [-0.3, -0.25) is 14.6 Å². The number of nitrogens with zero attached hydrogens (tertiary/aromatic N) is 4. The van der Waals surface area contributed by atoms with Crippen LogP contribution in [0.4, 0.5) is 0 Å². The van der Waals surface area contributed by atoms with Crippen LogP contribution in [0.25, 0.3) is 11.4 Å². The van der Waals surface area contributed by atoms with Gasteiger partial charge in [-0.1, -0.05) is 0 Å². The zero-order valence-electron chi connectivity index (χ0n) is 11.3. The molecule has 2 aromatic rings. The molecule has 0 spiro atoms. The van der Waals surface area contributed by atoms with Gasteiger partial charge in [-0.15, -0.1) is 0 Å². The topological polar surface area (TPSA) is 55.6 Å². The van der Waals surface area contributed by atoms with Crippen molar-refractivity contribution in [2.45, 2.75) is 32.9 Å². The van der Waals surface area contributed by atoms with E-state index in [9.17, 15) is 0 Å². The van der Waals surface area contributed by atoms with E-state index < -0.39 is 0 Å². The molecule has 0 amide bonds. The summed E-state index contributed by atoms with van der Waals surface area (Å²) in [7, 11) is 1.92. The van der Waals surface area contributed by atoms with E-state index in [1.54, 1.807) is 18.6 Å². The van der Waals surface area contributed by atoms with Crippen molar-refractivity contribution >= 4 is 0 Å². The summed E-state index contributed by atoms with van der Waals surface area (Å²) in [4.78, 5) is 8.39. The molecule has 0 aliphatic heterocycles. The van der Waals surface area contributed by atoms with Crippen molar-refractivity contribution in [3.63, 3.8) is 0 Å². The maximum atomic E-state index is 4.46. The SMILES string of the molecule is Cn1cc(CNC(C)(C)C)c(-c2cnccn2)n1. The molecule has 18 heavy (non-hydrogen) atoms. The van der Waals surface area contributed by atoms with E-state index >= 15 is 0 Å². The van der Waals surface area contributed by atoms with E-state index in [0.29, 0.717) is 0 Å². The van der Waals surface area contributed by atoms with Crippen LogP contribution in [-0.4, -0.2) is 25.3 Å². The Morgan fingerprint density at radius 1 is 1.28 bits per heavy atom. The summed E-state index contributed by atoms with van der Waals surface area (Å²) < 4.78 is 1.81. The molecule has 0 saturated carbocycles. The fourth-order valence-electron chi connectivity index (χ4n) is 1.66. The second-order valence-corrected chi connectivity index (χ2v) is 5.37. The number of nitrogens with one attached hydrogen (secondary N) is 1. The van der Waals surface area contributed by atoms with Crippen LogP contribution in [0, 0.1) is 0 Å². The summed E-state index contributed by atoms with van der Waals surface area (Å²) >= 11 is 0. The maximum absolute atomic E-state index is 4.46. The lowest BCUT2D eigenvalue weighted by molar-refractivity contribution is 0.424. The molecule has 0 bridgehead atoms. The fraction of sp³-hybridized carbons (Fsp3) is 0.462. The van der Waals surface area contributed by atoms with Gasteiger partial charge in [0.05, 0.1) is 6.20 Å². The lowest BCUT2D eigenvalue weighted by atomic mass is 10.1. The summed E-state index contributed by atoms with van der Waals surface area (Å²) in [6.07, 6.45) is 7.11. The van der Waals surface area contributed by atoms with Crippen LogP contribution >= 0.6 is 0 Å². The van der Waals surface area contributed by atoms with Crippen molar-refractivity contribution in [2.24, 2.45) is 7.05 Å². The first-order valence-electron chi connectivity index (χ1n) is 6.00. The van der Waals surface area contributed by atoms with Gasteiger partial charge in [-0.25, -0.2) is 0 Å². The van der Waals surface area contributed by atoms with Crippen molar-refractivity contribution in [1.82, 2.24) is 25.1 Å². The summed E-state index contributed by atoms with van der Waals surface area (Å²) in [6, 6.07) is 0. The van der Waals surface area contributed by atoms with E-state index in [0.717, 1.165) is 23.5 Å². The second kappa shape index (κ2) is 4.86. The van der Waals surface area contributed by atoms with Crippen LogP contribution in [-0.2, 0) is 13.6 Å². The summed E-state index contributed by atoms with van der Waals surface area (Å²) in [6.45, 7) is 7.20. The summed E-state index contributed by atoms with van der Waals surface area (Å²) in [5, 5.41) is 7.92. The number of aromatic nitrogens is 4. The van der Waals surface area contributed by atoms with Crippen LogP contribution < -0.4 is 5.32 Å². The van der Waals surface area contributed by atoms with Gasteiger partial charge in [-0.05, 0) is 20.8 Å². The molecule has 5 heteroatoms. The van der Waals surface area contributed by atoms with Crippen LogP contribution in [0.3, 0.4) is 0 Å². The molecule has 0 aliphatic carbocycles. The molecule has 0 unspecified atom stereocenters. The van der Waals surface area contributed by atoms with Crippen molar-refractivity contribution < 1.29 is 0 Å². The fourth-order valence-corrected chi connectivity index (χ4v) is 1.66. The van der Waals surface area contributed by atoms with Crippen molar-refractivity contribution in [2.75, 3.05) is 0 Å². The van der Waals surface area contributed by atoms with Gasteiger partial charge in [0.1, 0.15) is 11.4 Å². The molecular weight excluding hydrogens is 226 g/mol. The molecule has 0 radical (unpaired) electrons. The van der Waals surface area contributed by atoms with E-state index in [-0.39, 0.29) is 5.54 Å². The van der Waals surface area contributed by atoms with E-state index in [1.807, 2.05) is 17.9 Å². The lowest BCUT2D eigenvalue weighted by Gasteiger charge is -2.20. The van der Waals surface area contributed by atoms with Gasteiger partial charge in [0.25, 0.3) is 0 Å². The predicted octanol–water partition coefficient (Wildman–Crippen LogP) is 1.77. The third kappa shape index (κ3) is 3.13. The van der Waals surface area contributed by atoms with Crippen molar-refractivity contribution in [3.8, 4) is 11.4 Å².